The zero-order valence-corrected chi connectivity index (χ0v) is 10.6. The Hall–Kier alpha value is -1.15. The molecule has 1 atom stereocenters. The van der Waals surface area contributed by atoms with Gasteiger partial charge in [0.2, 0.25) is 0 Å². The molecule has 1 aromatic rings. The number of hydrogen-bond acceptors (Lipinski definition) is 2. The number of rotatable bonds is 4. The zero-order chi connectivity index (χ0) is 12.6. The Balaban J connectivity index is 1.68. The van der Waals surface area contributed by atoms with Crippen molar-refractivity contribution in [3.05, 3.63) is 35.9 Å². The van der Waals surface area contributed by atoms with Crippen molar-refractivity contribution in [2.75, 3.05) is 0 Å². The van der Waals surface area contributed by atoms with E-state index in [0.29, 0.717) is 6.42 Å². The molecule has 2 fully saturated rings. The van der Waals surface area contributed by atoms with Crippen LogP contribution in [0.25, 0.3) is 0 Å². The van der Waals surface area contributed by atoms with Crippen LogP contribution in [0.5, 0.6) is 0 Å². The van der Waals surface area contributed by atoms with Gasteiger partial charge in [-0.1, -0.05) is 30.3 Å². The van der Waals surface area contributed by atoms with Gasteiger partial charge in [-0.2, -0.15) is 0 Å². The molecule has 0 amide bonds. The van der Waals surface area contributed by atoms with Gasteiger partial charge in [-0.3, -0.25) is 4.79 Å². The summed E-state index contributed by atoms with van der Waals surface area (Å²) in [4.78, 5) is 12.2. The van der Waals surface area contributed by atoms with Gasteiger partial charge in [-0.25, -0.2) is 0 Å². The lowest BCUT2D eigenvalue weighted by Crippen LogP contribution is -2.23. The topological polar surface area (TPSA) is 37.3 Å². The van der Waals surface area contributed by atoms with Crippen molar-refractivity contribution in [2.45, 2.75) is 44.6 Å². The number of carbonyl (C=O) groups is 1. The molecule has 0 aliphatic heterocycles. The van der Waals surface area contributed by atoms with Gasteiger partial charge in [-0.15, -0.1) is 0 Å². The van der Waals surface area contributed by atoms with E-state index in [1.54, 1.807) is 0 Å². The molecule has 0 aromatic heterocycles. The second kappa shape index (κ2) is 4.51. The Kier molecular flexibility index (Phi) is 2.98. The molecule has 2 saturated carbocycles. The molecule has 18 heavy (non-hydrogen) atoms. The molecule has 3 rings (SSSR count). The third-order valence-electron chi connectivity index (χ3n) is 4.86. The fourth-order valence-corrected chi connectivity index (χ4v) is 3.85. The van der Waals surface area contributed by atoms with Gasteiger partial charge in [-0.05, 0) is 49.0 Å². The van der Waals surface area contributed by atoms with E-state index in [1.165, 1.54) is 32.1 Å². The minimum atomic E-state index is -0.930. The zero-order valence-electron chi connectivity index (χ0n) is 10.6. The van der Waals surface area contributed by atoms with Crippen molar-refractivity contribution in [3.8, 4) is 0 Å². The van der Waals surface area contributed by atoms with Gasteiger partial charge < -0.3 is 5.11 Å². The molecule has 0 saturated heterocycles. The minimum Gasteiger partial charge on any atom is -0.381 e. The van der Waals surface area contributed by atoms with Gasteiger partial charge in [0.25, 0.3) is 0 Å². The molecule has 0 heterocycles. The predicted molar refractivity (Wildman–Crippen MR) is 70.0 cm³/mol. The molecule has 2 aliphatic carbocycles. The Morgan fingerprint density at radius 3 is 2.50 bits per heavy atom. The second-order valence-corrected chi connectivity index (χ2v) is 6.10. The van der Waals surface area contributed by atoms with Gasteiger partial charge >= 0.3 is 0 Å². The molecule has 2 bridgehead atoms. The van der Waals surface area contributed by atoms with E-state index in [1.807, 2.05) is 30.3 Å². The van der Waals surface area contributed by atoms with Crippen LogP contribution in [0, 0.1) is 11.3 Å². The van der Waals surface area contributed by atoms with Gasteiger partial charge in [0.15, 0.2) is 5.78 Å². The lowest BCUT2D eigenvalue weighted by molar-refractivity contribution is -0.129. The summed E-state index contributed by atoms with van der Waals surface area (Å²) in [7, 11) is 0. The lowest BCUT2D eigenvalue weighted by atomic mass is 9.78. The molecule has 0 spiro atoms. The average Bonchev–Trinajstić information content (AvgIpc) is 2.98. The van der Waals surface area contributed by atoms with E-state index < -0.39 is 6.10 Å². The predicted octanol–water partition coefficient (Wildman–Crippen LogP) is 3.26. The van der Waals surface area contributed by atoms with E-state index >= 15 is 0 Å². The van der Waals surface area contributed by atoms with Crippen LogP contribution in [-0.4, -0.2) is 10.9 Å². The molecule has 1 aromatic carbocycles. The Morgan fingerprint density at radius 1 is 1.28 bits per heavy atom. The molecule has 96 valence electrons. The summed E-state index contributed by atoms with van der Waals surface area (Å²) < 4.78 is 0. The maximum absolute atomic E-state index is 12.2. The minimum absolute atomic E-state index is 0.00347. The summed E-state index contributed by atoms with van der Waals surface area (Å²) in [5.74, 6) is 0.857. The summed E-state index contributed by atoms with van der Waals surface area (Å²) in [6, 6.07) is 9.28. The van der Waals surface area contributed by atoms with Crippen molar-refractivity contribution >= 4 is 5.78 Å². The normalized spacial score (nSPS) is 31.5. The third kappa shape index (κ3) is 2.10. The summed E-state index contributed by atoms with van der Waals surface area (Å²) >= 11 is 0. The fourth-order valence-electron chi connectivity index (χ4n) is 3.85. The quantitative estimate of drug-likeness (QED) is 0.882. The molecular formula is C16H20O2. The van der Waals surface area contributed by atoms with Crippen LogP contribution in [0.3, 0.4) is 0 Å². The van der Waals surface area contributed by atoms with Crippen LogP contribution in [0.1, 0.15) is 50.2 Å². The first-order chi connectivity index (χ1) is 8.69. The molecular weight excluding hydrogens is 224 g/mol. The second-order valence-electron chi connectivity index (χ2n) is 6.10. The molecule has 1 unspecified atom stereocenters. The molecule has 2 aliphatic rings. The highest BCUT2D eigenvalue weighted by Gasteiger charge is 2.46. The molecule has 2 nitrogen and oxygen atoms in total. The van der Waals surface area contributed by atoms with Gasteiger partial charge in [0.1, 0.15) is 6.10 Å². The molecule has 2 heteroatoms. The maximum Gasteiger partial charge on any atom is 0.166 e. The number of benzene rings is 1. The van der Waals surface area contributed by atoms with Crippen molar-refractivity contribution in [1.29, 1.82) is 0 Å². The Labute approximate surface area is 108 Å². The van der Waals surface area contributed by atoms with Crippen LogP contribution >= 0.6 is 0 Å². The maximum atomic E-state index is 12.2. The van der Waals surface area contributed by atoms with Crippen LogP contribution in [0.2, 0.25) is 0 Å². The highest BCUT2D eigenvalue weighted by molar-refractivity contribution is 5.84. The van der Waals surface area contributed by atoms with Crippen molar-refractivity contribution in [2.24, 2.45) is 11.3 Å². The summed E-state index contributed by atoms with van der Waals surface area (Å²) in [5.41, 5.74) is 0.962. The van der Waals surface area contributed by atoms with Crippen molar-refractivity contribution < 1.29 is 9.90 Å². The van der Waals surface area contributed by atoms with Crippen LogP contribution in [-0.2, 0) is 4.79 Å². The number of fused-ring (bicyclic) bond motifs is 2. The SMILES string of the molecule is O=C(CC12CCC(CC1)C2)C(O)c1ccccc1. The van der Waals surface area contributed by atoms with Crippen LogP contribution in [0.15, 0.2) is 30.3 Å². The third-order valence-corrected chi connectivity index (χ3v) is 4.86. The Bertz CT molecular complexity index is 430. The van der Waals surface area contributed by atoms with Crippen LogP contribution < -0.4 is 0 Å². The highest BCUT2D eigenvalue weighted by Crippen LogP contribution is 2.56. The first-order valence-corrected chi connectivity index (χ1v) is 6.94. The molecule has 0 radical (unpaired) electrons. The van der Waals surface area contributed by atoms with Crippen molar-refractivity contribution in [3.63, 3.8) is 0 Å². The van der Waals surface area contributed by atoms with E-state index in [0.717, 1.165) is 11.5 Å². The molecule has 1 N–H and O–H groups in total. The number of aliphatic hydroxyl groups is 1. The van der Waals surface area contributed by atoms with Crippen LogP contribution in [0.4, 0.5) is 0 Å². The fraction of sp³-hybridized carbons (Fsp3) is 0.562. The summed E-state index contributed by atoms with van der Waals surface area (Å²) in [5, 5.41) is 10.1. The van der Waals surface area contributed by atoms with E-state index in [2.05, 4.69) is 0 Å². The average molecular weight is 244 g/mol. The standard InChI is InChI=1S/C16H20O2/c17-14(15(18)13-4-2-1-3-5-13)11-16-8-6-12(10-16)7-9-16/h1-5,12,15,18H,6-11H2. The largest absolute Gasteiger partial charge is 0.381 e. The number of hydrogen-bond donors (Lipinski definition) is 1. The van der Waals surface area contributed by atoms with E-state index in [4.69, 9.17) is 0 Å². The first kappa shape index (κ1) is 11.9. The van der Waals surface area contributed by atoms with E-state index in [-0.39, 0.29) is 11.2 Å². The highest BCUT2D eigenvalue weighted by atomic mass is 16.3. The van der Waals surface area contributed by atoms with Crippen molar-refractivity contribution in [1.82, 2.24) is 0 Å². The monoisotopic (exact) mass is 244 g/mol. The lowest BCUT2D eigenvalue weighted by Gasteiger charge is -2.26. The summed E-state index contributed by atoms with van der Waals surface area (Å²) in [6.45, 7) is 0. The smallest absolute Gasteiger partial charge is 0.166 e. The Morgan fingerprint density at radius 2 is 1.94 bits per heavy atom. The van der Waals surface area contributed by atoms with E-state index in [9.17, 15) is 9.90 Å². The van der Waals surface area contributed by atoms with Gasteiger partial charge in [0, 0.05) is 6.42 Å². The van der Waals surface area contributed by atoms with Gasteiger partial charge in [0.05, 0.1) is 0 Å². The number of Topliss-reactive ketones (excluding diaryl/α,β-unsaturated/α-hetero) is 1. The summed E-state index contributed by atoms with van der Waals surface area (Å²) in [6.07, 6.45) is 5.79. The number of ketones is 1. The number of aliphatic hydroxyl groups excluding tert-OH is 1. The first-order valence-electron chi connectivity index (χ1n) is 6.94. The number of carbonyl (C=O) groups excluding carboxylic acids is 1.